The molecule has 0 saturated heterocycles. The average molecular weight is 290 g/mol. The van der Waals surface area contributed by atoms with Gasteiger partial charge in [0.15, 0.2) is 6.04 Å². The average Bonchev–Trinajstić information content (AvgIpc) is 2.28. The number of nitrogens with two attached hydrogens (primary N) is 2. The molecular weight excluding hydrogens is 281 g/mol. The summed E-state index contributed by atoms with van der Waals surface area (Å²) in [6, 6.07) is 2.58. The molecule has 1 rings (SSSR count). The van der Waals surface area contributed by atoms with Crippen LogP contribution in [0.2, 0.25) is 10.0 Å². The molecule has 18 heavy (non-hydrogen) atoms. The fourth-order valence-corrected chi connectivity index (χ4v) is 1.54. The maximum Gasteiger partial charge on any atom is 0.253 e. The number of amides is 3. The molecule has 0 radical (unpaired) electrons. The molecule has 5 N–H and O–H groups in total. The molecule has 8 heteroatoms. The van der Waals surface area contributed by atoms with Crippen LogP contribution in [0.4, 0.5) is 0 Å². The highest BCUT2D eigenvalue weighted by Crippen LogP contribution is 2.20. The third-order valence-corrected chi connectivity index (χ3v) is 2.58. The van der Waals surface area contributed by atoms with Gasteiger partial charge in [-0.2, -0.15) is 0 Å². The second-order valence-corrected chi connectivity index (χ2v) is 4.18. The van der Waals surface area contributed by atoms with E-state index in [1.807, 2.05) is 0 Å². The Morgan fingerprint density at radius 3 is 2.17 bits per heavy atom. The van der Waals surface area contributed by atoms with Crippen LogP contribution in [0, 0.1) is 0 Å². The van der Waals surface area contributed by atoms with Crippen molar-refractivity contribution >= 4 is 40.9 Å². The van der Waals surface area contributed by atoms with Crippen LogP contribution in [-0.4, -0.2) is 23.8 Å². The number of hydrogen-bond donors (Lipinski definition) is 3. The lowest BCUT2D eigenvalue weighted by molar-refractivity contribution is -0.128. The number of benzene rings is 1. The molecule has 0 heterocycles. The Kier molecular flexibility index (Phi) is 4.52. The largest absolute Gasteiger partial charge is 0.367 e. The van der Waals surface area contributed by atoms with Crippen LogP contribution in [0.1, 0.15) is 10.4 Å². The smallest absolute Gasteiger partial charge is 0.253 e. The van der Waals surface area contributed by atoms with E-state index >= 15 is 0 Å². The Morgan fingerprint density at radius 1 is 1.11 bits per heavy atom. The van der Waals surface area contributed by atoms with E-state index < -0.39 is 23.8 Å². The number of rotatable bonds is 4. The molecule has 0 unspecified atom stereocenters. The highest BCUT2D eigenvalue weighted by molar-refractivity contribution is 6.35. The molecule has 3 amide bonds. The predicted octanol–water partition coefficient (Wildman–Crippen LogP) is 0.0624. The van der Waals surface area contributed by atoms with Crippen LogP contribution >= 0.6 is 23.2 Å². The molecule has 0 bridgehead atoms. The number of halogens is 2. The molecule has 0 saturated carbocycles. The van der Waals surface area contributed by atoms with Crippen LogP contribution in [0.5, 0.6) is 0 Å². The zero-order chi connectivity index (χ0) is 13.9. The van der Waals surface area contributed by atoms with Gasteiger partial charge in [-0.1, -0.05) is 23.2 Å². The third-order valence-electron chi connectivity index (χ3n) is 2.02. The highest BCUT2D eigenvalue weighted by Gasteiger charge is 2.25. The van der Waals surface area contributed by atoms with Crippen molar-refractivity contribution in [2.45, 2.75) is 6.04 Å². The molecule has 0 fully saturated rings. The van der Waals surface area contributed by atoms with Crippen LogP contribution in [0.25, 0.3) is 0 Å². The second-order valence-electron chi connectivity index (χ2n) is 3.34. The van der Waals surface area contributed by atoms with Crippen molar-refractivity contribution in [1.82, 2.24) is 5.32 Å². The molecule has 0 aromatic heterocycles. The molecule has 96 valence electrons. The first kappa shape index (κ1) is 14.3. The van der Waals surface area contributed by atoms with Crippen LogP contribution in [0.3, 0.4) is 0 Å². The summed E-state index contributed by atoms with van der Waals surface area (Å²) in [5.41, 5.74) is 9.85. The predicted molar refractivity (Wildman–Crippen MR) is 66.1 cm³/mol. The summed E-state index contributed by atoms with van der Waals surface area (Å²) in [7, 11) is 0. The lowest BCUT2D eigenvalue weighted by atomic mass is 10.2. The lowest BCUT2D eigenvalue weighted by Crippen LogP contribution is -2.52. The minimum Gasteiger partial charge on any atom is -0.367 e. The van der Waals surface area contributed by atoms with Gasteiger partial charge in [0.25, 0.3) is 5.91 Å². The van der Waals surface area contributed by atoms with E-state index in [4.69, 9.17) is 34.7 Å². The minimum atomic E-state index is -1.60. The first-order valence-electron chi connectivity index (χ1n) is 4.67. The normalized spacial score (nSPS) is 10.2. The first-order chi connectivity index (χ1) is 8.32. The zero-order valence-electron chi connectivity index (χ0n) is 8.94. The summed E-state index contributed by atoms with van der Waals surface area (Å²) in [4.78, 5) is 33.6. The first-order valence-corrected chi connectivity index (χ1v) is 5.43. The monoisotopic (exact) mass is 289 g/mol. The highest BCUT2D eigenvalue weighted by atomic mass is 35.5. The Bertz CT molecular complexity index is 505. The second kappa shape index (κ2) is 5.70. The van der Waals surface area contributed by atoms with E-state index in [1.54, 1.807) is 0 Å². The maximum absolute atomic E-state index is 11.8. The SMILES string of the molecule is NC(=O)C(NC(=O)c1cc(Cl)ccc1Cl)C(N)=O. The van der Waals surface area contributed by atoms with E-state index in [9.17, 15) is 14.4 Å². The maximum atomic E-state index is 11.8. The molecule has 6 nitrogen and oxygen atoms in total. The van der Waals surface area contributed by atoms with Crippen molar-refractivity contribution in [2.75, 3.05) is 0 Å². The van der Waals surface area contributed by atoms with Gasteiger partial charge in [-0.25, -0.2) is 0 Å². The molecule has 0 spiro atoms. The van der Waals surface area contributed by atoms with Gasteiger partial charge in [0.05, 0.1) is 10.6 Å². The number of primary amides is 2. The molecule has 0 aliphatic rings. The summed E-state index contributed by atoms with van der Waals surface area (Å²) >= 11 is 11.5. The van der Waals surface area contributed by atoms with E-state index in [0.717, 1.165) is 0 Å². The van der Waals surface area contributed by atoms with Crippen molar-refractivity contribution in [2.24, 2.45) is 11.5 Å². The number of nitrogens with one attached hydrogen (secondary N) is 1. The van der Waals surface area contributed by atoms with Crippen LogP contribution < -0.4 is 16.8 Å². The van der Waals surface area contributed by atoms with Gasteiger partial charge in [0, 0.05) is 5.02 Å². The van der Waals surface area contributed by atoms with E-state index in [-0.39, 0.29) is 15.6 Å². The van der Waals surface area contributed by atoms with E-state index in [1.165, 1.54) is 18.2 Å². The fourth-order valence-electron chi connectivity index (χ4n) is 1.16. The van der Waals surface area contributed by atoms with Crippen molar-refractivity contribution < 1.29 is 14.4 Å². The van der Waals surface area contributed by atoms with Crippen molar-refractivity contribution in [3.8, 4) is 0 Å². The van der Waals surface area contributed by atoms with Crippen LogP contribution in [0.15, 0.2) is 18.2 Å². The number of hydrogen-bond acceptors (Lipinski definition) is 3. The Balaban J connectivity index is 2.97. The summed E-state index contributed by atoms with van der Waals surface area (Å²) < 4.78 is 0. The van der Waals surface area contributed by atoms with Gasteiger partial charge in [-0.05, 0) is 18.2 Å². The Labute approximate surface area is 112 Å². The minimum absolute atomic E-state index is 0.0108. The van der Waals surface area contributed by atoms with E-state index in [0.29, 0.717) is 0 Å². The summed E-state index contributed by atoms with van der Waals surface area (Å²) in [6.45, 7) is 0. The van der Waals surface area contributed by atoms with Gasteiger partial charge >= 0.3 is 0 Å². The third kappa shape index (κ3) is 3.35. The molecule has 1 aromatic rings. The van der Waals surface area contributed by atoms with Crippen molar-refractivity contribution in [1.29, 1.82) is 0 Å². The summed E-state index contributed by atoms with van der Waals surface area (Å²) in [5, 5.41) is 2.46. The van der Waals surface area contributed by atoms with Gasteiger partial charge in [0.1, 0.15) is 0 Å². The zero-order valence-corrected chi connectivity index (χ0v) is 10.5. The summed E-state index contributed by atoms with van der Waals surface area (Å²) in [5.74, 6) is -2.90. The Morgan fingerprint density at radius 2 is 1.67 bits per heavy atom. The number of carbonyl (C=O) groups is 3. The van der Waals surface area contributed by atoms with E-state index in [2.05, 4.69) is 5.32 Å². The van der Waals surface area contributed by atoms with Crippen molar-refractivity contribution in [3.63, 3.8) is 0 Å². The Hall–Kier alpha value is -1.79. The lowest BCUT2D eigenvalue weighted by Gasteiger charge is -2.12. The molecule has 1 aromatic carbocycles. The standard InChI is InChI=1S/C10H9Cl2N3O3/c11-4-1-2-6(12)5(3-4)10(18)15-7(8(13)16)9(14)17/h1-3,7H,(H2,13,16)(H2,14,17)(H,15,18). The molecule has 0 aliphatic carbocycles. The van der Waals surface area contributed by atoms with Gasteiger partial charge < -0.3 is 16.8 Å². The quantitative estimate of drug-likeness (QED) is 0.681. The van der Waals surface area contributed by atoms with Crippen LogP contribution in [-0.2, 0) is 9.59 Å². The fraction of sp³-hybridized carbons (Fsp3) is 0.100. The van der Waals surface area contributed by atoms with Crippen molar-refractivity contribution in [3.05, 3.63) is 33.8 Å². The number of carbonyl (C=O) groups excluding carboxylic acids is 3. The topological polar surface area (TPSA) is 115 Å². The summed E-state index contributed by atoms with van der Waals surface area (Å²) in [6.07, 6.45) is 0. The molecular formula is C10H9Cl2N3O3. The van der Waals surface area contributed by atoms with Gasteiger partial charge in [0.2, 0.25) is 11.8 Å². The van der Waals surface area contributed by atoms with Gasteiger partial charge in [-0.15, -0.1) is 0 Å². The van der Waals surface area contributed by atoms with Gasteiger partial charge in [-0.3, -0.25) is 14.4 Å². The molecule has 0 atom stereocenters. The molecule has 0 aliphatic heterocycles.